The lowest BCUT2D eigenvalue weighted by atomic mass is 10.2. The van der Waals surface area contributed by atoms with Crippen LogP contribution < -0.4 is 10.2 Å². The van der Waals surface area contributed by atoms with Gasteiger partial charge >= 0.3 is 0 Å². The predicted molar refractivity (Wildman–Crippen MR) is 73.8 cm³/mol. The molecule has 1 aromatic heterocycles. The van der Waals surface area contributed by atoms with E-state index in [1.165, 1.54) is 0 Å². The molecule has 0 atom stereocenters. The van der Waals surface area contributed by atoms with Gasteiger partial charge in [0.05, 0.1) is 0 Å². The molecule has 0 aliphatic carbocycles. The minimum atomic E-state index is 0.830. The molecule has 0 aliphatic rings. The Morgan fingerprint density at radius 1 is 1.06 bits per heavy atom. The van der Waals surface area contributed by atoms with E-state index in [0.717, 1.165) is 49.1 Å². The van der Waals surface area contributed by atoms with Crippen LogP contribution in [0.1, 0.15) is 38.6 Å². The highest BCUT2D eigenvalue weighted by Crippen LogP contribution is 2.23. The van der Waals surface area contributed by atoms with Crippen molar-refractivity contribution in [2.24, 2.45) is 0 Å². The quantitative estimate of drug-likeness (QED) is 0.824. The molecular formula is C13H24N4. The molecule has 17 heavy (non-hydrogen) atoms. The van der Waals surface area contributed by atoms with Crippen molar-refractivity contribution in [3.63, 3.8) is 0 Å². The maximum absolute atomic E-state index is 4.56. The summed E-state index contributed by atoms with van der Waals surface area (Å²) < 4.78 is 0. The van der Waals surface area contributed by atoms with Crippen LogP contribution in [0.3, 0.4) is 0 Å². The Morgan fingerprint density at radius 2 is 1.71 bits per heavy atom. The number of hydrogen-bond acceptors (Lipinski definition) is 4. The van der Waals surface area contributed by atoms with E-state index in [4.69, 9.17) is 0 Å². The van der Waals surface area contributed by atoms with Gasteiger partial charge in [-0.05, 0) is 34.1 Å². The molecule has 4 nitrogen and oxygen atoms in total. The van der Waals surface area contributed by atoms with E-state index in [1.54, 1.807) is 0 Å². The third-order valence-electron chi connectivity index (χ3n) is 2.84. The molecule has 4 heteroatoms. The first-order valence-electron chi connectivity index (χ1n) is 6.48. The molecule has 1 N–H and O–H groups in total. The first-order valence-corrected chi connectivity index (χ1v) is 6.48. The SMILES string of the molecule is CCCNc1nc(C)nc(N(CC)CC)c1C. The number of hydrogen-bond donors (Lipinski definition) is 1. The van der Waals surface area contributed by atoms with Crippen LogP contribution in [-0.2, 0) is 0 Å². The molecule has 0 amide bonds. The van der Waals surface area contributed by atoms with Crippen molar-refractivity contribution in [3.8, 4) is 0 Å². The second-order valence-electron chi connectivity index (χ2n) is 4.17. The van der Waals surface area contributed by atoms with Gasteiger partial charge < -0.3 is 10.2 Å². The number of aromatic nitrogens is 2. The lowest BCUT2D eigenvalue weighted by Gasteiger charge is -2.23. The highest BCUT2D eigenvalue weighted by atomic mass is 15.2. The number of nitrogens with zero attached hydrogens (tertiary/aromatic N) is 3. The Labute approximate surface area is 104 Å². The standard InChI is InChI=1S/C13H24N4/c1-6-9-14-12-10(4)13(16-11(5)15-12)17(7-2)8-3/h6-9H2,1-5H3,(H,14,15,16). The normalized spacial score (nSPS) is 10.4. The minimum absolute atomic E-state index is 0.830. The third-order valence-corrected chi connectivity index (χ3v) is 2.84. The monoisotopic (exact) mass is 236 g/mol. The third kappa shape index (κ3) is 3.32. The Hall–Kier alpha value is -1.32. The fourth-order valence-electron chi connectivity index (χ4n) is 1.86. The molecule has 0 fully saturated rings. The summed E-state index contributed by atoms with van der Waals surface area (Å²) in [4.78, 5) is 11.3. The van der Waals surface area contributed by atoms with Crippen LogP contribution in [0.5, 0.6) is 0 Å². The second-order valence-corrected chi connectivity index (χ2v) is 4.17. The van der Waals surface area contributed by atoms with Gasteiger partial charge in [0.1, 0.15) is 17.5 Å². The zero-order valence-electron chi connectivity index (χ0n) is 11.7. The molecule has 0 spiro atoms. The zero-order chi connectivity index (χ0) is 12.8. The van der Waals surface area contributed by atoms with Crippen LogP contribution in [0.15, 0.2) is 0 Å². The summed E-state index contributed by atoms with van der Waals surface area (Å²) in [7, 11) is 0. The molecule has 0 saturated carbocycles. The fourth-order valence-corrected chi connectivity index (χ4v) is 1.86. The molecule has 1 aromatic rings. The van der Waals surface area contributed by atoms with Crippen molar-refractivity contribution >= 4 is 11.6 Å². The first-order chi connectivity index (χ1) is 8.13. The molecule has 0 aromatic carbocycles. The summed E-state index contributed by atoms with van der Waals surface area (Å²) in [5.74, 6) is 2.86. The Balaban J connectivity index is 3.08. The summed E-state index contributed by atoms with van der Waals surface area (Å²) in [6.45, 7) is 13.4. The molecule has 1 heterocycles. The highest BCUT2D eigenvalue weighted by molar-refractivity contribution is 5.58. The molecule has 0 bridgehead atoms. The van der Waals surface area contributed by atoms with Crippen LogP contribution in [0.4, 0.5) is 11.6 Å². The van der Waals surface area contributed by atoms with Crippen LogP contribution in [0.25, 0.3) is 0 Å². The smallest absolute Gasteiger partial charge is 0.137 e. The van der Waals surface area contributed by atoms with Crippen LogP contribution in [-0.4, -0.2) is 29.6 Å². The van der Waals surface area contributed by atoms with Crippen molar-refractivity contribution < 1.29 is 0 Å². The van der Waals surface area contributed by atoms with Crippen molar-refractivity contribution in [1.82, 2.24) is 9.97 Å². The van der Waals surface area contributed by atoms with Gasteiger partial charge in [0.15, 0.2) is 0 Å². The van der Waals surface area contributed by atoms with Crippen LogP contribution >= 0.6 is 0 Å². The minimum Gasteiger partial charge on any atom is -0.370 e. The van der Waals surface area contributed by atoms with E-state index in [9.17, 15) is 0 Å². The second kappa shape index (κ2) is 6.42. The van der Waals surface area contributed by atoms with Gasteiger partial charge in [-0.3, -0.25) is 0 Å². The summed E-state index contributed by atoms with van der Waals surface area (Å²) in [5.41, 5.74) is 1.15. The van der Waals surface area contributed by atoms with Crippen molar-refractivity contribution in [1.29, 1.82) is 0 Å². The van der Waals surface area contributed by atoms with E-state index >= 15 is 0 Å². The zero-order valence-corrected chi connectivity index (χ0v) is 11.7. The van der Waals surface area contributed by atoms with Crippen molar-refractivity contribution in [2.45, 2.75) is 41.0 Å². The van der Waals surface area contributed by atoms with Gasteiger partial charge in [0.2, 0.25) is 0 Å². The number of aryl methyl sites for hydroxylation is 1. The summed E-state index contributed by atoms with van der Waals surface area (Å²) in [5, 5.41) is 3.37. The van der Waals surface area contributed by atoms with E-state index in [-0.39, 0.29) is 0 Å². The Morgan fingerprint density at radius 3 is 2.24 bits per heavy atom. The number of rotatable bonds is 6. The van der Waals surface area contributed by atoms with Gasteiger partial charge in [-0.15, -0.1) is 0 Å². The van der Waals surface area contributed by atoms with E-state index in [0.29, 0.717) is 0 Å². The van der Waals surface area contributed by atoms with Crippen LogP contribution in [0.2, 0.25) is 0 Å². The largest absolute Gasteiger partial charge is 0.370 e. The van der Waals surface area contributed by atoms with E-state index in [1.807, 2.05) is 6.92 Å². The fraction of sp³-hybridized carbons (Fsp3) is 0.692. The van der Waals surface area contributed by atoms with E-state index in [2.05, 4.69) is 47.9 Å². The highest BCUT2D eigenvalue weighted by Gasteiger charge is 2.12. The maximum Gasteiger partial charge on any atom is 0.137 e. The molecule has 0 aliphatic heterocycles. The van der Waals surface area contributed by atoms with Crippen molar-refractivity contribution in [3.05, 3.63) is 11.4 Å². The molecular weight excluding hydrogens is 212 g/mol. The van der Waals surface area contributed by atoms with Gasteiger partial charge in [0.25, 0.3) is 0 Å². The topological polar surface area (TPSA) is 41.1 Å². The molecule has 0 unspecified atom stereocenters. The lowest BCUT2D eigenvalue weighted by molar-refractivity contribution is 0.825. The van der Waals surface area contributed by atoms with Crippen LogP contribution in [0, 0.1) is 13.8 Å². The molecule has 1 rings (SSSR count). The maximum atomic E-state index is 4.56. The Bertz CT molecular complexity index is 359. The summed E-state index contributed by atoms with van der Waals surface area (Å²) >= 11 is 0. The average molecular weight is 236 g/mol. The Kier molecular flexibility index (Phi) is 5.19. The average Bonchev–Trinajstić information content (AvgIpc) is 2.32. The lowest BCUT2D eigenvalue weighted by Crippen LogP contribution is -2.25. The van der Waals surface area contributed by atoms with Gasteiger partial charge in [-0.25, -0.2) is 9.97 Å². The van der Waals surface area contributed by atoms with Gasteiger partial charge in [-0.1, -0.05) is 6.92 Å². The first kappa shape index (κ1) is 13.7. The number of anilines is 2. The summed E-state index contributed by atoms with van der Waals surface area (Å²) in [6.07, 6.45) is 1.10. The van der Waals surface area contributed by atoms with E-state index < -0.39 is 0 Å². The molecule has 0 radical (unpaired) electrons. The summed E-state index contributed by atoms with van der Waals surface area (Å²) in [6, 6.07) is 0. The van der Waals surface area contributed by atoms with Gasteiger partial charge in [-0.2, -0.15) is 0 Å². The number of nitrogens with one attached hydrogen (secondary N) is 1. The van der Waals surface area contributed by atoms with Gasteiger partial charge in [0, 0.05) is 25.2 Å². The predicted octanol–water partition coefficient (Wildman–Crippen LogP) is 2.76. The molecule has 96 valence electrons. The molecule has 0 saturated heterocycles. The van der Waals surface area contributed by atoms with Crippen molar-refractivity contribution in [2.75, 3.05) is 29.9 Å².